The third-order valence-electron chi connectivity index (χ3n) is 10.9. The number of benzene rings is 7. The van der Waals surface area contributed by atoms with E-state index in [0.717, 1.165) is 33.7 Å². The van der Waals surface area contributed by atoms with Crippen LogP contribution in [0.1, 0.15) is 0 Å². The van der Waals surface area contributed by atoms with Crippen molar-refractivity contribution in [3.63, 3.8) is 0 Å². The van der Waals surface area contributed by atoms with Crippen molar-refractivity contribution in [1.82, 2.24) is 23.9 Å². The molecular formula is C47H27N5. The Morgan fingerprint density at radius 1 is 0.385 bits per heavy atom. The van der Waals surface area contributed by atoms with E-state index < -0.39 is 0 Å². The number of pyridine rings is 1. The van der Waals surface area contributed by atoms with Crippen molar-refractivity contribution >= 4 is 81.8 Å². The van der Waals surface area contributed by atoms with E-state index in [1.165, 1.54) is 70.7 Å². The summed E-state index contributed by atoms with van der Waals surface area (Å²) in [5.74, 6) is 0. The Morgan fingerprint density at radius 3 is 1.87 bits per heavy atom. The van der Waals surface area contributed by atoms with Crippen molar-refractivity contribution in [3.8, 4) is 28.2 Å². The SMILES string of the molecule is c1ccc(-c2nc3ncccc3nc2-c2ccc(-n3c4ccccc4c4c3c3ccccc3c3c5cccc6c7ccccc7n(c65)c34)cc2)cc1. The van der Waals surface area contributed by atoms with Gasteiger partial charge in [0, 0.05) is 60.7 Å². The van der Waals surface area contributed by atoms with Crippen LogP contribution in [0.15, 0.2) is 164 Å². The lowest BCUT2D eigenvalue weighted by molar-refractivity contribution is 1.18. The van der Waals surface area contributed by atoms with Gasteiger partial charge in [0.15, 0.2) is 5.65 Å². The van der Waals surface area contributed by atoms with Gasteiger partial charge in [0.2, 0.25) is 0 Å². The lowest BCUT2D eigenvalue weighted by Gasteiger charge is -2.13. The monoisotopic (exact) mass is 661 g/mol. The Bertz CT molecular complexity index is 3390. The van der Waals surface area contributed by atoms with Crippen LogP contribution >= 0.6 is 0 Å². The van der Waals surface area contributed by atoms with Crippen molar-refractivity contribution in [3.05, 3.63) is 164 Å². The van der Waals surface area contributed by atoms with Gasteiger partial charge in [0.1, 0.15) is 5.52 Å². The lowest BCUT2D eigenvalue weighted by Crippen LogP contribution is -1.98. The summed E-state index contributed by atoms with van der Waals surface area (Å²) in [7, 11) is 0. The van der Waals surface area contributed by atoms with Crippen LogP contribution in [0.25, 0.3) is 110 Å². The molecule has 12 rings (SSSR count). The predicted molar refractivity (Wildman–Crippen MR) is 215 cm³/mol. The summed E-state index contributed by atoms with van der Waals surface area (Å²) in [4.78, 5) is 14.6. The maximum absolute atomic E-state index is 5.12. The summed E-state index contributed by atoms with van der Waals surface area (Å²) in [6.07, 6.45) is 1.77. The van der Waals surface area contributed by atoms with E-state index in [9.17, 15) is 0 Å². The van der Waals surface area contributed by atoms with Gasteiger partial charge in [0.05, 0.1) is 39.0 Å². The maximum atomic E-state index is 5.12. The molecule has 0 atom stereocenters. The lowest BCUT2D eigenvalue weighted by atomic mass is 9.98. The molecule has 0 radical (unpaired) electrons. The first kappa shape index (κ1) is 27.7. The van der Waals surface area contributed by atoms with Crippen LogP contribution in [0.4, 0.5) is 0 Å². The minimum Gasteiger partial charge on any atom is -0.309 e. The van der Waals surface area contributed by atoms with E-state index in [2.05, 4.69) is 141 Å². The minimum absolute atomic E-state index is 0.640. The topological polar surface area (TPSA) is 48.0 Å². The molecule has 0 saturated carbocycles. The van der Waals surface area contributed by atoms with Gasteiger partial charge in [-0.05, 0) is 41.8 Å². The van der Waals surface area contributed by atoms with Crippen LogP contribution in [0.5, 0.6) is 0 Å². The van der Waals surface area contributed by atoms with Gasteiger partial charge in [-0.2, -0.15) is 0 Å². The third kappa shape index (κ3) is 3.59. The number of rotatable bonds is 3. The van der Waals surface area contributed by atoms with Crippen molar-refractivity contribution in [2.24, 2.45) is 0 Å². The Hall–Kier alpha value is -7.11. The smallest absolute Gasteiger partial charge is 0.178 e. The zero-order valence-electron chi connectivity index (χ0n) is 27.8. The molecule has 7 aromatic carbocycles. The van der Waals surface area contributed by atoms with Gasteiger partial charge < -0.3 is 8.97 Å². The molecule has 0 bridgehead atoms. The molecule has 0 aliphatic carbocycles. The number of para-hydroxylation sites is 3. The molecule has 0 spiro atoms. The molecule has 0 N–H and O–H groups in total. The van der Waals surface area contributed by atoms with Crippen LogP contribution in [-0.4, -0.2) is 23.9 Å². The molecule has 0 fully saturated rings. The van der Waals surface area contributed by atoms with Gasteiger partial charge in [-0.1, -0.05) is 121 Å². The Balaban J connectivity index is 1.18. The normalized spacial score (nSPS) is 12.2. The quantitative estimate of drug-likeness (QED) is 0.189. The number of hydrogen-bond acceptors (Lipinski definition) is 3. The van der Waals surface area contributed by atoms with Crippen LogP contribution in [0, 0.1) is 0 Å². The predicted octanol–water partition coefficient (Wildman–Crippen LogP) is 11.8. The zero-order valence-corrected chi connectivity index (χ0v) is 27.8. The molecule has 0 aliphatic heterocycles. The summed E-state index contributed by atoms with van der Waals surface area (Å²) in [6.45, 7) is 0. The van der Waals surface area contributed by atoms with Crippen LogP contribution in [0.2, 0.25) is 0 Å². The van der Waals surface area contributed by atoms with E-state index in [1.807, 2.05) is 30.3 Å². The molecular weight excluding hydrogens is 635 g/mol. The molecule has 5 heterocycles. The summed E-state index contributed by atoms with van der Waals surface area (Å²) in [5.41, 5.74) is 12.4. The second kappa shape index (κ2) is 10.2. The Morgan fingerprint density at radius 2 is 1.02 bits per heavy atom. The fourth-order valence-corrected chi connectivity index (χ4v) is 8.77. The standard InChI is InChI=1S/C47H27N5/c1-2-12-28(13-3-1)43-42(49-37-20-11-27-48-47(37)50-43)29-23-25-30(26-24-29)51-39-22-9-7-17-35(39)41-45(51)34-16-5-4-15-32(34)40-36-19-10-18-33-31-14-6-8-21-38(31)52(44(33)36)46(40)41/h1-27H. The van der Waals surface area contributed by atoms with E-state index in [0.29, 0.717) is 5.65 Å². The molecule has 0 saturated heterocycles. The third-order valence-corrected chi connectivity index (χ3v) is 10.9. The molecule has 5 heteroatoms. The van der Waals surface area contributed by atoms with Crippen molar-refractivity contribution in [2.75, 3.05) is 0 Å². The fraction of sp³-hybridized carbons (Fsp3) is 0. The highest BCUT2D eigenvalue weighted by Crippen LogP contribution is 2.48. The zero-order chi connectivity index (χ0) is 33.9. The van der Waals surface area contributed by atoms with Gasteiger partial charge in [-0.25, -0.2) is 15.0 Å². The van der Waals surface area contributed by atoms with Crippen LogP contribution < -0.4 is 0 Å². The average Bonchev–Trinajstić information content (AvgIpc) is 3.87. The van der Waals surface area contributed by atoms with Crippen molar-refractivity contribution in [1.29, 1.82) is 0 Å². The first-order valence-corrected chi connectivity index (χ1v) is 17.6. The number of fused-ring (bicyclic) bond motifs is 14. The summed E-state index contributed by atoms with van der Waals surface area (Å²) in [6, 6.07) is 56.4. The molecule has 5 nitrogen and oxygen atoms in total. The highest BCUT2D eigenvalue weighted by molar-refractivity contribution is 6.39. The molecule has 0 amide bonds. The van der Waals surface area contributed by atoms with E-state index in [-0.39, 0.29) is 0 Å². The second-order valence-corrected chi connectivity index (χ2v) is 13.6. The summed E-state index contributed by atoms with van der Waals surface area (Å²) < 4.78 is 4.99. The number of hydrogen-bond donors (Lipinski definition) is 0. The molecule has 5 aromatic heterocycles. The highest BCUT2D eigenvalue weighted by atomic mass is 15.0. The van der Waals surface area contributed by atoms with Gasteiger partial charge >= 0.3 is 0 Å². The molecule has 12 aromatic rings. The van der Waals surface area contributed by atoms with Crippen molar-refractivity contribution < 1.29 is 0 Å². The van der Waals surface area contributed by atoms with E-state index >= 15 is 0 Å². The molecule has 52 heavy (non-hydrogen) atoms. The Kier molecular flexibility index (Phi) is 5.44. The van der Waals surface area contributed by atoms with Gasteiger partial charge in [-0.3, -0.25) is 0 Å². The fourth-order valence-electron chi connectivity index (χ4n) is 8.77. The van der Waals surface area contributed by atoms with E-state index in [1.54, 1.807) is 6.20 Å². The summed E-state index contributed by atoms with van der Waals surface area (Å²) >= 11 is 0. The largest absolute Gasteiger partial charge is 0.309 e. The Labute approximate surface area is 297 Å². The first-order chi connectivity index (χ1) is 25.8. The number of nitrogens with zero attached hydrogens (tertiary/aromatic N) is 5. The van der Waals surface area contributed by atoms with Crippen LogP contribution in [0.3, 0.4) is 0 Å². The summed E-state index contributed by atoms with van der Waals surface area (Å²) in [5, 5.41) is 10.2. The first-order valence-electron chi connectivity index (χ1n) is 17.6. The van der Waals surface area contributed by atoms with Crippen LogP contribution in [-0.2, 0) is 0 Å². The van der Waals surface area contributed by atoms with Gasteiger partial charge in [-0.15, -0.1) is 0 Å². The second-order valence-electron chi connectivity index (χ2n) is 13.6. The maximum Gasteiger partial charge on any atom is 0.178 e. The molecule has 0 aliphatic rings. The van der Waals surface area contributed by atoms with Crippen molar-refractivity contribution in [2.45, 2.75) is 0 Å². The molecule has 240 valence electrons. The van der Waals surface area contributed by atoms with E-state index in [4.69, 9.17) is 9.97 Å². The minimum atomic E-state index is 0.640. The molecule has 0 unspecified atom stereocenters. The average molecular weight is 662 g/mol. The highest BCUT2D eigenvalue weighted by Gasteiger charge is 2.25. The van der Waals surface area contributed by atoms with Gasteiger partial charge in [0.25, 0.3) is 0 Å². The number of aromatic nitrogens is 5.